The van der Waals surface area contributed by atoms with Crippen molar-refractivity contribution in [1.82, 2.24) is 0 Å². The van der Waals surface area contributed by atoms with Gasteiger partial charge in [0.25, 0.3) is 5.60 Å². The smallest absolute Gasteiger partial charge is 0.352 e. The molecule has 0 spiro atoms. The molecule has 0 radical (unpaired) electrons. The predicted octanol–water partition coefficient (Wildman–Crippen LogP) is 0.602. The van der Waals surface area contributed by atoms with E-state index in [1.165, 1.54) is 0 Å². The van der Waals surface area contributed by atoms with E-state index in [4.69, 9.17) is 20.4 Å². The van der Waals surface area contributed by atoms with Gasteiger partial charge < -0.3 is 20.4 Å². The molecule has 1 unspecified atom stereocenters. The van der Waals surface area contributed by atoms with E-state index in [2.05, 4.69) is 5.16 Å². The minimum Gasteiger partial charge on any atom is -0.497 e. The third kappa shape index (κ3) is 2.02. The average Bonchev–Trinajstić information content (AvgIpc) is 2.84. The summed E-state index contributed by atoms with van der Waals surface area (Å²) < 4.78 is 5.10. The van der Waals surface area contributed by atoms with Crippen LogP contribution >= 0.6 is 0 Å². The van der Waals surface area contributed by atoms with Crippen molar-refractivity contribution >= 4 is 11.7 Å². The zero-order valence-corrected chi connectivity index (χ0v) is 9.92. The predicted molar refractivity (Wildman–Crippen MR) is 64.7 cm³/mol. The fraction of sp³-hybridized carbons (Fsp3) is 0.333. The van der Waals surface area contributed by atoms with E-state index >= 15 is 0 Å². The lowest BCUT2D eigenvalue weighted by molar-refractivity contribution is -0.161. The lowest BCUT2D eigenvalue weighted by atomic mass is 9.94. The van der Waals surface area contributed by atoms with Crippen molar-refractivity contribution in [3.8, 4) is 5.75 Å². The van der Waals surface area contributed by atoms with Crippen molar-refractivity contribution in [2.75, 3.05) is 13.7 Å². The van der Waals surface area contributed by atoms with E-state index in [1.54, 1.807) is 25.3 Å². The number of nitrogens with zero attached hydrogens (tertiary/aromatic N) is 1. The van der Waals surface area contributed by atoms with Crippen LogP contribution in [0.1, 0.15) is 12.0 Å². The Balaban J connectivity index is 2.24. The van der Waals surface area contributed by atoms with E-state index in [1.807, 2.05) is 6.07 Å². The Kier molecular flexibility index (Phi) is 3.20. The second-order valence-electron chi connectivity index (χ2n) is 4.04. The molecule has 0 fully saturated rings. The van der Waals surface area contributed by atoms with Gasteiger partial charge in [-0.1, -0.05) is 17.3 Å². The molecule has 6 nitrogen and oxygen atoms in total. The highest BCUT2D eigenvalue weighted by atomic mass is 16.7. The van der Waals surface area contributed by atoms with Gasteiger partial charge in [-0.15, -0.1) is 0 Å². The third-order valence-corrected chi connectivity index (χ3v) is 2.91. The SMILES string of the molecule is COc1cccc(C2=NOC(CN)(C(=O)O)C2)c1. The summed E-state index contributed by atoms with van der Waals surface area (Å²) >= 11 is 0. The number of nitrogens with two attached hydrogens (primary N) is 1. The highest BCUT2D eigenvalue weighted by Crippen LogP contribution is 2.27. The van der Waals surface area contributed by atoms with E-state index in [0.717, 1.165) is 5.56 Å². The molecule has 0 bridgehead atoms. The minimum absolute atomic E-state index is 0.126. The highest BCUT2D eigenvalue weighted by molar-refractivity contribution is 6.04. The van der Waals surface area contributed by atoms with Crippen LogP contribution in [0.4, 0.5) is 0 Å². The third-order valence-electron chi connectivity index (χ3n) is 2.91. The Morgan fingerprint density at radius 3 is 3.00 bits per heavy atom. The molecule has 1 aromatic carbocycles. The van der Waals surface area contributed by atoms with Crippen molar-refractivity contribution in [3.05, 3.63) is 29.8 Å². The van der Waals surface area contributed by atoms with Crippen LogP contribution in [0.25, 0.3) is 0 Å². The number of aliphatic carboxylic acids is 1. The van der Waals surface area contributed by atoms with Crippen molar-refractivity contribution in [1.29, 1.82) is 0 Å². The van der Waals surface area contributed by atoms with Crippen LogP contribution in [0.5, 0.6) is 5.75 Å². The first-order valence-electron chi connectivity index (χ1n) is 5.44. The summed E-state index contributed by atoms with van der Waals surface area (Å²) in [6.07, 6.45) is 0.145. The van der Waals surface area contributed by atoms with Gasteiger partial charge in [-0.2, -0.15) is 0 Å². The zero-order valence-electron chi connectivity index (χ0n) is 9.92. The van der Waals surface area contributed by atoms with Gasteiger partial charge in [-0.05, 0) is 12.1 Å². The maximum atomic E-state index is 11.2. The highest BCUT2D eigenvalue weighted by Gasteiger charge is 2.46. The number of carbonyl (C=O) groups is 1. The van der Waals surface area contributed by atoms with Gasteiger partial charge >= 0.3 is 5.97 Å². The normalized spacial score (nSPS) is 22.2. The molecule has 6 heteroatoms. The van der Waals surface area contributed by atoms with Crippen LogP contribution in [0, 0.1) is 0 Å². The molecule has 1 aliphatic rings. The van der Waals surface area contributed by atoms with Gasteiger partial charge in [0.1, 0.15) is 5.75 Å². The number of carboxylic acid groups (broad SMARTS) is 1. The molecule has 1 heterocycles. The quantitative estimate of drug-likeness (QED) is 0.816. The molecular weight excluding hydrogens is 236 g/mol. The van der Waals surface area contributed by atoms with Crippen molar-refractivity contribution < 1.29 is 19.5 Å². The maximum Gasteiger partial charge on any atom is 0.352 e. The van der Waals surface area contributed by atoms with E-state index in [0.29, 0.717) is 11.5 Å². The molecule has 0 aromatic heterocycles. The molecule has 0 saturated heterocycles. The number of ether oxygens (including phenoxy) is 1. The van der Waals surface area contributed by atoms with Crippen LogP contribution in [0.2, 0.25) is 0 Å². The Hall–Kier alpha value is -2.08. The Morgan fingerprint density at radius 1 is 1.67 bits per heavy atom. The fourth-order valence-corrected chi connectivity index (χ4v) is 1.75. The molecule has 0 saturated carbocycles. The molecule has 1 aliphatic heterocycles. The fourth-order valence-electron chi connectivity index (χ4n) is 1.75. The summed E-state index contributed by atoms with van der Waals surface area (Å²) in [7, 11) is 1.56. The average molecular weight is 250 g/mol. The van der Waals surface area contributed by atoms with Gasteiger partial charge in [0.2, 0.25) is 0 Å². The van der Waals surface area contributed by atoms with E-state index in [9.17, 15) is 4.79 Å². The zero-order chi connectivity index (χ0) is 13.2. The topological polar surface area (TPSA) is 94.1 Å². The number of hydrogen-bond donors (Lipinski definition) is 2. The Bertz CT molecular complexity index is 501. The van der Waals surface area contributed by atoms with Crippen LogP contribution in [-0.2, 0) is 9.63 Å². The summed E-state index contributed by atoms with van der Waals surface area (Å²) in [5.74, 6) is -0.428. The molecular formula is C12H14N2O4. The maximum absolute atomic E-state index is 11.2. The summed E-state index contributed by atoms with van der Waals surface area (Å²) in [5.41, 5.74) is 5.34. The Labute approximate surface area is 104 Å². The van der Waals surface area contributed by atoms with Gasteiger partial charge in [0, 0.05) is 18.5 Å². The number of methoxy groups -OCH3 is 1. The molecule has 0 aliphatic carbocycles. The van der Waals surface area contributed by atoms with Crippen LogP contribution in [0.3, 0.4) is 0 Å². The van der Waals surface area contributed by atoms with Crippen LogP contribution in [-0.4, -0.2) is 36.0 Å². The monoisotopic (exact) mass is 250 g/mol. The second kappa shape index (κ2) is 4.66. The minimum atomic E-state index is -1.45. The first-order valence-corrected chi connectivity index (χ1v) is 5.44. The number of benzene rings is 1. The number of hydrogen-bond acceptors (Lipinski definition) is 5. The van der Waals surface area contributed by atoms with Crippen molar-refractivity contribution in [2.24, 2.45) is 10.9 Å². The first kappa shape index (κ1) is 12.4. The summed E-state index contributed by atoms with van der Waals surface area (Å²) in [4.78, 5) is 16.2. The largest absolute Gasteiger partial charge is 0.497 e. The van der Waals surface area contributed by atoms with E-state index < -0.39 is 11.6 Å². The second-order valence-corrected chi connectivity index (χ2v) is 4.04. The molecule has 96 valence electrons. The van der Waals surface area contributed by atoms with Crippen molar-refractivity contribution in [2.45, 2.75) is 12.0 Å². The lowest BCUT2D eigenvalue weighted by Crippen LogP contribution is -2.45. The standard InChI is InChI=1S/C12H14N2O4/c1-17-9-4-2-3-8(5-9)10-6-12(7-13,11(15)16)18-14-10/h2-5H,6-7,13H2,1H3,(H,15,16). The molecule has 3 N–H and O–H groups in total. The molecule has 18 heavy (non-hydrogen) atoms. The molecule has 2 rings (SSSR count). The van der Waals surface area contributed by atoms with E-state index in [-0.39, 0.29) is 13.0 Å². The van der Waals surface area contributed by atoms with Crippen LogP contribution in [0.15, 0.2) is 29.4 Å². The first-order chi connectivity index (χ1) is 8.61. The summed E-state index contributed by atoms with van der Waals surface area (Å²) in [6, 6.07) is 7.20. The van der Waals surface area contributed by atoms with Crippen LogP contribution < -0.4 is 10.5 Å². The van der Waals surface area contributed by atoms with Gasteiger partial charge in [-0.25, -0.2) is 4.79 Å². The summed E-state index contributed by atoms with van der Waals surface area (Å²) in [5, 5.41) is 13.0. The van der Waals surface area contributed by atoms with Crippen molar-refractivity contribution in [3.63, 3.8) is 0 Å². The molecule has 0 amide bonds. The number of carboxylic acids is 1. The lowest BCUT2D eigenvalue weighted by Gasteiger charge is -2.18. The number of oxime groups is 1. The molecule has 1 atom stereocenters. The summed E-state index contributed by atoms with van der Waals surface area (Å²) in [6.45, 7) is -0.126. The molecule has 1 aromatic rings. The van der Waals surface area contributed by atoms with Gasteiger partial charge in [-0.3, -0.25) is 0 Å². The van der Waals surface area contributed by atoms with Gasteiger partial charge in [0.15, 0.2) is 0 Å². The Morgan fingerprint density at radius 2 is 2.44 bits per heavy atom. The number of rotatable bonds is 4. The van der Waals surface area contributed by atoms with Gasteiger partial charge in [0.05, 0.1) is 12.8 Å².